The molecule has 1 aliphatic heterocycles. The number of epoxide rings is 1. The Morgan fingerprint density at radius 2 is 2.23 bits per heavy atom. The van der Waals surface area contributed by atoms with Crippen LogP contribution in [0.5, 0.6) is 0 Å². The second-order valence-corrected chi connectivity index (χ2v) is 2.90. The minimum Gasteiger partial charge on any atom is -0.465 e. The van der Waals surface area contributed by atoms with Crippen molar-refractivity contribution in [3.63, 3.8) is 0 Å². The lowest BCUT2D eigenvalue weighted by Crippen LogP contribution is -2.04. The first-order chi connectivity index (χ1) is 6.33. The van der Waals surface area contributed by atoms with Gasteiger partial charge in [0.15, 0.2) is 0 Å². The van der Waals surface area contributed by atoms with Crippen molar-refractivity contribution in [2.75, 3.05) is 13.7 Å². The summed E-state index contributed by atoms with van der Waals surface area (Å²) < 4.78 is 9.78. The van der Waals surface area contributed by atoms with Gasteiger partial charge in [-0.15, -0.1) is 0 Å². The molecule has 2 rings (SSSR count). The number of hydrogen-bond acceptors (Lipinski definition) is 3. The Morgan fingerprint density at radius 1 is 1.54 bits per heavy atom. The Labute approximate surface area is 76.3 Å². The Hall–Kier alpha value is -1.35. The van der Waals surface area contributed by atoms with Crippen molar-refractivity contribution >= 4 is 5.97 Å². The van der Waals surface area contributed by atoms with E-state index in [1.165, 1.54) is 7.11 Å². The first kappa shape index (κ1) is 8.26. The highest BCUT2D eigenvalue weighted by Gasteiger charge is 2.29. The topological polar surface area (TPSA) is 38.8 Å². The van der Waals surface area contributed by atoms with E-state index < -0.39 is 0 Å². The van der Waals surface area contributed by atoms with E-state index in [-0.39, 0.29) is 12.1 Å². The number of esters is 1. The smallest absolute Gasteiger partial charge is 0.338 e. The van der Waals surface area contributed by atoms with Crippen LogP contribution in [-0.4, -0.2) is 19.7 Å². The van der Waals surface area contributed by atoms with Gasteiger partial charge < -0.3 is 9.47 Å². The SMILES string of the molecule is COC(=O)c1ccccc1C1CO1. The maximum absolute atomic E-state index is 11.3. The molecule has 1 aliphatic rings. The maximum Gasteiger partial charge on any atom is 0.338 e. The van der Waals surface area contributed by atoms with Crippen LogP contribution in [0.25, 0.3) is 0 Å². The van der Waals surface area contributed by atoms with E-state index in [0.717, 1.165) is 5.56 Å². The first-order valence-corrected chi connectivity index (χ1v) is 4.12. The highest BCUT2D eigenvalue weighted by Crippen LogP contribution is 2.32. The molecule has 1 aromatic carbocycles. The number of carbonyl (C=O) groups excluding carboxylic acids is 1. The molecule has 1 aromatic rings. The fourth-order valence-corrected chi connectivity index (χ4v) is 1.30. The van der Waals surface area contributed by atoms with Crippen LogP contribution < -0.4 is 0 Å². The minimum atomic E-state index is -0.300. The van der Waals surface area contributed by atoms with Gasteiger partial charge in [0, 0.05) is 0 Å². The lowest BCUT2D eigenvalue weighted by Gasteiger charge is -2.03. The quantitative estimate of drug-likeness (QED) is 0.509. The van der Waals surface area contributed by atoms with Crippen LogP contribution in [0, 0.1) is 0 Å². The van der Waals surface area contributed by atoms with Gasteiger partial charge in [-0.1, -0.05) is 18.2 Å². The van der Waals surface area contributed by atoms with E-state index >= 15 is 0 Å². The van der Waals surface area contributed by atoms with Gasteiger partial charge in [0.2, 0.25) is 0 Å². The lowest BCUT2D eigenvalue weighted by atomic mass is 10.1. The Morgan fingerprint density at radius 3 is 2.85 bits per heavy atom. The molecule has 0 radical (unpaired) electrons. The Bertz CT molecular complexity index is 329. The van der Waals surface area contributed by atoms with E-state index in [1.54, 1.807) is 6.07 Å². The molecule has 1 saturated heterocycles. The fraction of sp³-hybridized carbons (Fsp3) is 0.300. The van der Waals surface area contributed by atoms with Crippen LogP contribution >= 0.6 is 0 Å². The summed E-state index contributed by atoms with van der Waals surface area (Å²) in [5.41, 5.74) is 1.53. The van der Waals surface area contributed by atoms with Crippen LogP contribution in [0.2, 0.25) is 0 Å². The van der Waals surface area contributed by atoms with E-state index in [4.69, 9.17) is 4.74 Å². The lowest BCUT2D eigenvalue weighted by molar-refractivity contribution is 0.0598. The molecule has 1 heterocycles. The monoisotopic (exact) mass is 178 g/mol. The zero-order chi connectivity index (χ0) is 9.26. The largest absolute Gasteiger partial charge is 0.465 e. The average Bonchev–Trinajstić information content (AvgIpc) is 3.00. The molecule has 1 unspecified atom stereocenters. The summed E-state index contributed by atoms with van der Waals surface area (Å²) in [6.45, 7) is 0.702. The molecular weight excluding hydrogens is 168 g/mol. The Balaban J connectivity index is 2.36. The Kier molecular flexibility index (Phi) is 2.02. The normalized spacial score (nSPS) is 19.6. The molecule has 0 bridgehead atoms. The summed E-state index contributed by atoms with van der Waals surface area (Å²) in [5.74, 6) is -0.300. The number of hydrogen-bond donors (Lipinski definition) is 0. The van der Waals surface area contributed by atoms with Gasteiger partial charge in [-0.25, -0.2) is 4.79 Å². The third-order valence-corrected chi connectivity index (χ3v) is 2.05. The molecule has 13 heavy (non-hydrogen) atoms. The van der Waals surface area contributed by atoms with Crippen LogP contribution in [0.4, 0.5) is 0 Å². The van der Waals surface area contributed by atoms with Gasteiger partial charge in [-0.3, -0.25) is 0 Å². The van der Waals surface area contributed by atoms with Gasteiger partial charge in [0.1, 0.15) is 6.10 Å². The van der Waals surface area contributed by atoms with E-state index in [0.29, 0.717) is 12.2 Å². The van der Waals surface area contributed by atoms with Gasteiger partial charge in [0.25, 0.3) is 0 Å². The summed E-state index contributed by atoms with van der Waals surface area (Å²) >= 11 is 0. The summed E-state index contributed by atoms with van der Waals surface area (Å²) in [6.07, 6.45) is 0.0929. The number of carbonyl (C=O) groups is 1. The molecule has 3 heteroatoms. The average molecular weight is 178 g/mol. The molecule has 1 atom stereocenters. The highest BCUT2D eigenvalue weighted by atomic mass is 16.6. The standard InChI is InChI=1S/C10H10O3/c1-12-10(11)8-5-3-2-4-7(8)9-6-13-9/h2-5,9H,6H2,1H3. The molecule has 0 aliphatic carbocycles. The molecule has 3 nitrogen and oxygen atoms in total. The minimum absolute atomic E-state index is 0.0929. The predicted octanol–water partition coefficient (Wildman–Crippen LogP) is 1.54. The van der Waals surface area contributed by atoms with Crippen LogP contribution in [0.3, 0.4) is 0 Å². The van der Waals surface area contributed by atoms with Crippen LogP contribution in [0.15, 0.2) is 24.3 Å². The van der Waals surface area contributed by atoms with E-state index in [2.05, 4.69) is 4.74 Å². The predicted molar refractivity (Wildman–Crippen MR) is 46.5 cm³/mol. The van der Waals surface area contributed by atoms with Crippen molar-refractivity contribution in [3.05, 3.63) is 35.4 Å². The maximum atomic E-state index is 11.3. The van der Waals surface area contributed by atoms with Crippen LogP contribution in [0.1, 0.15) is 22.0 Å². The zero-order valence-electron chi connectivity index (χ0n) is 7.32. The summed E-state index contributed by atoms with van der Waals surface area (Å²) in [5, 5.41) is 0. The van der Waals surface area contributed by atoms with Crippen LogP contribution in [-0.2, 0) is 9.47 Å². The molecule has 0 N–H and O–H groups in total. The molecule has 0 aromatic heterocycles. The number of rotatable bonds is 2. The van der Waals surface area contributed by atoms with Crippen molar-refractivity contribution < 1.29 is 14.3 Å². The molecular formula is C10H10O3. The van der Waals surface area contributed by atoms with Crippen molar-refractivity contribution in [1.82, 2.24) is 0 Å². The van der Waals surface area contributed by atoms with Gasteiger partial charge in [-0.05, 0) is 11.6 Å². The molecule has 1 fully saturated rings. The number of benzene rings is 1. The summed E-state index contributed by atoms with van der Waals surface area (Å²) in [4.78, 5) is 11.3. The van der Waals surface area contributed by atoms with Crippen molar-refractivity contribution in [2.24, 2.45) is 0 Å². The van der Waals surface area contributed by atoms with E-state index in [1.807, 2.05) is 18.2 Å². The second-order valence-electron chi connectivity index (χ2n) is 2.90. The zero-order valence-corrected chi connectivity index (χ0v) is 7.32. The van der Waals surface area contributed by atoms with Crippen molar-refractivity contribution in [1.29, 1.82) is 0 Å². The van der Waals surface area contributed by atoms with Gasteiger partial charge >= 0.3 is 5.97 Å². The van der Waals surface area contributed by atoms with Gasteiger partial charge in [0.05, 0.1) is 19.3 Å². The second kappa shape index (κ2) is 3.18. The number of methoxy groups -OCH3 is 1. The number of ether oxygens (including phenoxy) is 2. The molecule has 68 valence electrons. The fourth-order valence-electron chi connectivity index (χ4n) is 1.30. The van der Waals surface area contributed by atoms with Gasteiger partial charge in [-0.2, -0.15) is 0 Å². The summed E-state index contributed by atoms with van der Waals surface area (Å²) in [6, 6.07) is 7.36. The molecule has 0 amide bonds. The molecule has 0 saturated carbocycles. The van der Waals surface area contributed by atoms with Crippen molar-refractivity contribution in [3.8, 4) is 0 Å². The third kappa shape index (κ3) is 1.55. The molecule has 0 spiro atoms. The highest BCUT2D eigenvalue weighted by molar-refractivity contribution is 5.91. The summed E-state index contributed by atoms with van der Waals surface area (Å²) in [7, 11) is 1.38. The van der Waals surface area contributed by atoms with Crippen molar-refractivity contribution in [2.45, 2.75) is 6.10 Å². The third-order valence-electron chi connectivity index (χ3n) is 2.05. The van der Waals surface area contributed by atoms with E-state index in [9.17, 15) is 4.79 Å². The first-order valence-electron chi connectivity index (χ1n) is 4.12.